The van der Waals surface area contributed by atoms with Crippen LogP contribution in [0, 0.1) is 6.92 Å². The first kappa shape index (κ1) is 21.3. The Morgan fingerprint density at radius 1 is 0.906 bits per heavy atom. The second kappa shape index (κ2) is 10.4. The Morgan fingerprint density at radius 3 is 2.38 bits per heavy atom. The van der Waals surface area contributed by atoms with Crippen LogP contribution in [-0.2, 0) is 6.54 Å². The molecular formula is C26H24N4OS. The van der Waals surface area contributed by atoms with E-state index >= 15 is 0 Å². The van der Waals surface area contributed by atoms with Crippen LogP contribution in [-0.4, -0.2) is 15.9 Å². The van der Waals surface area contributed by atoms with Gasteiger partial charge in [-0.15, -0.1) is 0 Å². The summed E-state index contributed by atoms with van der Waals surface area (Å²) >= 11 is 5.34. The van der Waals surface area contributed by atoms with Gasteiger partial charge in [-0.3, -0.25) is 5.43 Å². The molecule has 0 amide bonds. The molecule has 1 aromatic heterocycles. The second-order valence-electron chi connectivity index (χ2n) is 7.31. The average Bonchev–Trinajstić information content (AvgIpc) is 3.24. The van der Waals surface area contributed by atoms with Crippen LogP contribution in [0.5, 0.6) is 11.5 Å². The Kier molecular flexibility index (Phi) is 6.94. The number of hydrogen-bond donors (Lipinski definition) is 2. The molecule has 0 saturated carbocycles. The van der Waals surface area contributed by atoms with Crippen molar-refractivity contribution in [2.75, 3.05) is 5.32 Å². The SMILES string of the molecule is Cc1ccc(Cn2cccc2/C=N/NC(=S)Nc2ccc(Oc3ccccc3)cc2)cc1. The quantitative estimate of drug-likeness (QED) is 0.212. The first-order valence-corrected chi connectivity index (χ1v) is 10.7. The van der Waals surface area contributed by atoms with E-state index in [1.54, 1.807) is 6.21 Å². The second-order valence-corrected chi connectivity index (χ2v) is 7.72. The lowest BCUT2D eigenvalue weighted by atomic mass is 10.1. The molecule has 0 aliphatic rings. The fourth-order valence-electron chi connectivity index (χ4n) is 3.13. The summed E-state index contributed by atoms with van der Waals surface area (Å²) in [6.45, 7) is 2.88. The molecule has 0 unspecified atom stereocenters. The van der Waals surface area contributed by atoms with E-state index in [9.17, 15) is 0 Å². The molecule has 0 spiro atoms. The standard InChI is InChI=1S/C26H24N4OS/c1-20-9-11-21(12-10-20)19-30-17-5-6-23(30)18-27-29-26(32)28-22-13-15-25(16-14-22)31-24-7-3-2-4-8-24/h2-18H,19H2,1H3,(H2,28,29,32)/b27-18+. The molecule has 0 aliphatic carbocycles. The number of ether oxygens (including phenoxy) is 1. The van der Waals surface area contributed by atoms with Crippen LogP contribution in [0.4, 0.5) is 5.69 Å². The molecular weight excluding hydrogens is 416 g/mol. The molecule has 160 valence electrons. The van der Waals surface area contributed by atoms with Crippen LogP contribution >= 0.6 is 12.2 Å². The van der Waals surface area contributed by atoms with Crippen LogP contribution in [0.15, 0.2) is 102 Å². The first-order chi connectivity index (χ1) is 15.7. The van der Waals surface area contributed by atoms with Crippen LogP contribution in [0.1, 0.15) is 16.8 Å². The zero-order chi connectivity index (χ0) is 22.2. The monoisotopic (exact) mass is 440 g/mol. The molecule has 0 atom stereocenters. The number of anilines is 1. The third-order valence-electron chi connectivity index (χ3n) is 4.79. The fourth-order valence-corrected chi connectivity index (χ4v) is 3.30. The Morgan fingerprint density at radius 2 is 1.62 bits per heavy atom. The number of hydrazone groups is 1. The van der Waals surface area contributed by atoms with Crippen molar-refractivity contribution >= 4 is 29.2 Å². The fraction of sp³-hybridized carbons (Fsp3) is 0.0769. The van der Waals surface area contributed by atoms with Gasteiger partial charge in [0.2, 0.25) is 0 Å². The molecule has 4 aromatic rings. The summed E-state index contributed by atoms with van der Waals surface area (Å²) < 4.78 is 7.94. The van der Waals surface area contributed by atoms with Crippen molar-refractivity contribution in [1.29, 1.82) is 0 Å². The van der Waals surface area contributed by atoms with Crippen molar-refractivity contribution in [2.24, 2.45) is 5.10 Å². The maximum Gasteiger partial charge on any atom is 0.191 e. The maximum absolute atomic E-state index is 5.80. The van der Waals surface area contributed by atoms with Crippen molar-refractivity contribution in [2.45, 2.75) is 13.5 Å². The molecule has 0 aliphatic heterocycles. The number of hydrogen-bond acceptors (Lipinski definition) is 3. The summed E-state index contributed by atoms with van der Waals surface area (Å²) in [5.74, 6) is 1.56. The summed E-state index contributed by atoms with van der Waals surface area (Å²) in [4.78, 5) is 0. The Bertz CT molecular complexity index is 1180. The van der Waals surface area contributed by atoms with Crippen LogP contribution in [0.25, 0.3) is 0 Å². The van der Waals surface area contributed by atoms with Gasteiger partial charge in [0, 0.05) is 18.4 Å². The number of benzene rings is 3. The number of thiocarbonyl (C=S) groups is 1. The van der Waals surface area contributed by atoms with Gasteiger partial charge in [-0.2, -0.15) is 5.10 Å². The highest BCUT2D eigenvalue weighted by molar-refractivity contribution is 7.80. The highest BCUT2D eigenvalue weighted by Gasteiger charge is 2.02. The topological polar surface area (TPSA) is 50.6 Å². The predicted molar refractivity (Wildman–Crippen MR) is 135 cm³/mol. The van der Waals surface area contributed by atoms with E-state index in [2.05, 4.69) is 51.6 Å². The van der Waals surface area contributed by atoms with Crippen molar-refractivity contribution in [3.8, 4) is 11.5 Å². The smallest absolute Gasteiger partial charge is 0.191 e. The first-order valence-electron chi connectivity index (χ1n) is 10.3. The molecule has 5 nitrogen and oxygen atoms in total. The Hall–Kier alpha value is -3.90. The van der Waals surface area contributed by atoms with Gasteiger partial charge in [0.25, 0.3) is 0 Å². The molecule has 0 radical (unpaired) electrons. The molecule has 1 heterocycles. The molecule has 32 heavy (non-hydrogen) atoms. The molecule has 0 bridgehead atoms. The van der Waals surface area contributed by atoms with Gasteiger partial charge in [-0.1, -0.05) is 48.0 Å². The van der Waals surface area contributed by atoms with Gasteiger partial charge in [-0.05, 0) is 73.2 Å². The zero-order valence-corrected chi connectivity index (χ0v) is 18.5. The van der Waals surface area contributed by atoms with Crippen LogP contribution < -0.4 is 15.5 Å². The van der Waals surface area contributed by atoms with E-state index in [0.29, 0.717) is 5.11 Å². The van der Waals surface area contributed by atoms with Crippen molar-refractivity contribution in [1.82, 2.24) is 9.99 Å². The number of aromatic nitrogens is 1. The lowest BCUT2D eigenvalue weighted by molar-refractivity contribution is 0.483. The Balaban J connectivity index is 1.29. The van der Waals surface area contributed by atoms with E-state index < -0.39 is 0 Å². The van der Waals surface area contributed by atoms with E-state index in [4.69, 9.17) is 17.0 Å². The molecule has 6 heteroatoms. The molecule has 2 N–H and O–H groups in total. The minimum absolute atomic E-state index is 0.412. The van der Waals surface area contributed by atoms with E-state index in [-0.39, 0.29) is 0 Å². The van der Waals surface area contributed by atoms with Crippen LogP contribution in [0.3, 0.4) is 0 Å². The highest BCUT2D eigenvalue weighted by Crippen LogP contribution is 2.22. The number of para-hydroxylation sites is 1. The predicted octanol–water partition coefficient (Wildman–Crippen LogP) is 5.96. The minimum atomic E-state index is 0.412. The third kappa shape index (κ3) is 6.06. The van der Waals surface area contributed by atoms with Crippen LogP contribution in [0.2, 0.25) is 0 Å². The molecule has 4 rings (SSSR count). The Labute approximate surface area is 193 Å². The number of nitrogens with one attached hydrogen (secondary N) is 2. The minimum Gasteiger partial charge on any atom is -0.457 e. The van der Waals surface area contributed by atoms with E-state index in [1.807, 2.05) is 72.9 Å². The highest BCUT2D eigenvalue weighted by atomic mass is 32.1. The molecule has 0 fully saturated rings. The van der Waals surface area contributed by atoms with Gasteiger partial charge in [0.1, 0.15) is 11.5 Å². The summed E-state index contributed by atoms with van der Waals surface area (Å²) in [5.41, 5.74) is 7.20. The van der Waals surface area contributed by atoms with Gasteiger partial charge >= 0.3 is 0 Å². The summed E-state index contributed by atoms with van der Waals surface area (Å²) in [6.07, 6.45) is 3.80. The van der Waals surface area contributed by atoms with E-state index in [0.717, 1.165) is 29.4 Å². The number of rotatable bonds is 7. The van der Waals surface area contributed by atoms with Gasteiger partial charge in [-0.25, -0.2) is 0 Å². The van der Waals surface area contributed by atoms with Crippen molar-refractivity contribution in [3.05, 3.63) is 114 Å². The lowest BCUT2D eigenvalue weighted by Gasteiger charge is -2.09. The summed E-state index contributed by atoms with van der Waals surface area (Å²) in [5, 5.41) is 7.80. The summed E-state index contributed by atoms with van der Waals surface area (Å²) in [7, 11) is 0. The van der Waals surface area contributed by atoms with Crippen molar-refractivity contribution in [3.63, 3.8) is 0 Å². The van der Waals surface area contributed by atoms with Gasteiger partial charge in [0.05, 0.1) is 11.9 Å². The molecule has 0 saturated heterocycles. The number of aryl methyl sites for hydroxylation is 1. The van der Waals surface area contributed by atoms with E-state index in [1.165, 1.54) is 11.1 Å². The average molecular weight is 441 g/mol. The lowest BCUT2D eigenvalue weighted by Crippen LogP contribution is -2.24. The van der Waals surface area contributed by atoms with Crippen molar-refractivity contribution < 1.29 is 4.74 Å². The van der Waals surface area contributed by atoms with Gasteiger partial charge < -0.3 is 14.6 Å². The normalized spacial score (nSPS) is 10.8. The number of nitrogens with zero attached hydrogens (tertiary/aromatic N) is 2. The van der Waals surface area contributed by atoms with Gasteiger partial charge in [0.15, 0.2) is 5.11 Å². The largest absolute Gasteiger partial charge is 0.457 e. The zero-order valence-electron chi connectivity index (χ0n) is 17.7. The summed E-state index contributed by atoms with van der Waals surface area (Å²) in [6, 6.07) is 29.8. The molecule has 3 aromatic carbocycles. The maximum atomic E-state index is 5.80. The third-order valence-corrected chi connectivity index (χ3v) is 4.99.